The SMILES string of the molecule is CC.CC.CCCCCC1C(OC2O[C@H](CO)[C@@H](O)[C@H](O)[C@H]2O)CC(=O)C1CCCCCCC(=O)O. The lowest BCUT2D eigenvalue weighted by Gasteiger charge is -2.41. The Labute approximate surface area is 217 Å². The predicted molar refractivity (Wildman–Crippen MR) is 137 cm³/mol. The molecule has 0 bridgehead atoms. The van der Waals surface area contributed by atoms with Gasteiger partial charge in [-0.3, -0.25) is 9.59 Å². The summed E-state index contributed by atoms with van der Waals surface area (Å²) in [6.45, 7) is 9.58. The van der Waals surface area contributed by atoms with Gasteiger partial charge in [0, 0.05) is 18.8 Å². The first-order chi connectivity index (χ1) is 17.3. The lowest BCUT2D eigenvalue weighted by atomic mass is 9.85. The van der Waals surface area contributed by atoms with Gasteiger partial charge in [0.1, 0.15) is 30.2 Å². The average molecular weight is 521 g/mol. The highest BCUT2D eigenvalue weighted by molar-refractivity contribution is 5.84. The monoisotopic (exact) mass is 520 g/mol. The maximum absolute atomic E-state index is 12.8. The Kier molecular flexibility index (Phi) is 19.3. The third-order valence-electron chi connectivity index (χ3n) is 6.76. The van der Waals surface area contributed by atoms with Gasteiger partial charge in [-0.1, -0.05) is 73.1 Å². The van der Waals surface area contributed by atoms with Gasteiger partial charge < -0.3 is 35.0 Å². The zero-order valence-corrected chi connectivity index (χ0v) is 23.0. The van der Waals surface area contributed by atoms with E-state index in [0.29, 0.717) is 6.42 Å². The van der Waals surface area contributed by atoms with E-state index in [1.54, 1.807) is 0 Å². The summed E-state index contributed by atoms with van der Waals surface area (Å²) in [7, 11) is 0. The van der Waals surface area contributed by atoms with Gasteiger partial charge in [-0.2, -0.15) is 0 Å². The fourth-order valence-corrected chi connectivity index (χ4v) is 4.89. The van der Waals surface area contributed by atoms with Crippen LogP contribution in [0.25, 0.3) is 0 Å². The second kappa shape index (κ2) is 19.9. The first-order valence-electron chi connectivity index (χ1n) is 14.0. The molecule has 2 rings (SSSR count). The zero-order chi connectivity index (χ0) is 27.7. The molecule has 1 aliphatic heterocycles. The Morgan fingerprint density at radius 3 is 2.11 bits per heavy atom. The van der Waals surface area contributed by atoms with Crippen LogP contribution in [0.4, 0.5) is 0 Å². The number of carboxylic acid groups (broad SMARTS) is 1. The largest absolute Gasteiger partial charge is 0.481 e. The summed E-state index contributed by atoms with van der Waals surface area (Å²) < 4.78 is 11.5. The number of carboxylic acids is 1. The van der Waals surface area contributed by atoms with Gasteiger partial charge in [0.2, 0.25) is 0 Å². The van der Waals surface area contributed by atoms with Gasteiger partial charge in [-0.05, 0) is 25.2 Å². The maximum Gasteiger partial charge on any atom is 0.303 e. The highest BCUT2D eigenvalue weighted by Gasteiger charge is 2.48. The maximum atomic E-state index is 12.8. The molecule has 5 N–H and O–H groups in total. The number of ether oxygens (including phenoxy) is 2. The van der Waals surface area contributed by atoms with Crippen molar-refractivity contribution in [3.05, 3.63) is 0 Å². The van der Waals surface area contributed by atoms with Crippen LogP contribution in [0.1, 0.15) is 105 Å². The number of ketones is 1. The molecule has 4 unspecified atom stereocenters. The van der Waals surface area contributed by atoms with Crippen LogP contribution >= 0.6 is 0 Å². The number of unbranched alkanes of at least 4 members (excludes halogenated alkanes) is 5. The number of aliphatic carboxylic acids is 1. The van der Waals surface area contributed by atoms with Gasteiger partial charge in [-0.15, -0.1) is 0 Å². The molecule has 1 aliphatic carbocycles. The van der Waals surface area contributed by atoms with Crippen LogP contribution in [0, 0.1) is 11.8 Å². The fourth-order valence-electron chi connectivity index (χ4n) is 4.89. The number of aliphatic hydroxyl groups is 4. The highest BCUT2D eigenvalue weighted by Crippen LogP contribution is 2.40. The second-order valence-electron chi connectivity index (χ2n) is 9.16. The Morgan fingerprint density at radius 1 is 0.917 bits per heavy atom. The Morgan fingerprint density at radius 2 is 1.53 bits per heavy atom. The predicted octanol–water partition coefficient (Wildman–Crippen LogP) is 3.43. The van der Waals surface area contributed by atoms with Crippen molar-refractivity contribution in [2.24, 2.45) is 11.8 Å². The van der Waals surface area contributed by atoms with Crippen molar-refractivity contribution in [2.75, 3.05) is 6.61 Å². The molecule has 1 saturated carbocycles. The van der Waals surface area contributed by atoms with Crippen LogP contribution in [0.3, 0.4) is 0 Å². The van der Waals surface area contributed by atoms with E-state index in [1.807, 2.05) is 27.7 Å². The smallest absolute Gasteiger partial charge is 0.303 e. The summed E-state index contributed by atoms with van der Waals surface area (Å²) in [6, 6.07) is 0. The molecule has 0 amide bonds. The molecule has 0 aromatic carbocycles. The molecular formula is C27H52O9. The molecule has 1 heterocycles. The fraction of sp³-hybridized carbons (Fsp3) is 0.926. The first kappa shape index (κ1) is 34.9. The number of hydrogen-bond donors (Lipinski definition) is 5. The number of carbonyl (C=O) groups excluding carboxylic acids is 1. The van der Waals surface area contributed by atoms with Crippen LogP contribution < -0.4 is 0 Å². The summed E-state index contributed by atoms with van der Waals surface area (Å²) in [5.41, 5.74) is 0. The zero-order valence-electron chi connectivity index (χ0n) is 23.0. The molecule has 36 heavy (non-hydrogen) atoms. The molecule has 9 nitrogen and oxygen atoms in total. The third kappa shape index (κ3) is 11.1. The quantitative estimate of drug-likeness (QED) is 0.217. The number of hydrogen-bond acceptors (Lipinski definition) is 8. The summed E-state index contributed by atoms with van der Waals surface area (Å²) in [6.07, 6.45) is 0.934. The normalized spacial score (nSPS) is 31.8. The van der Waals surface area contributed by atoms with Crippen LogP contribution in [0.15, 0.2) is 0 Å². The number of Topliss-reactive ketones (excluding diaryl/α,β-unsaturated/α-hetero) is 1. The van der Waals surface area contributed by atoms with Crippen LogP contribution in [0.2, 0.25) is 0 Å². The van der Waals surface area contributed by atoms with Crippen molar-refractivity contribution in [3.63, 3.8) is 0 Å². The first-order valence-corrected chi connectivity index (χ1v) is 14.0. The molecule has 2 fully saturated rings. The number of rotatable bonds is 14. The van der Waals surface area contributed by atoms with Crippen molar-refractivity contribution >= 4 is 11.8 Å². The minimum Gasteiger partial charge on any atom is -0.481 e. The van der Waals surface area contributed by atoms with Gasteiger partial charge in [-0.25, -0.2) is 0 Å². The highest BCUT2D eigenvalue weighted by atomic mass is 16.7. The number of carbonyl (C=O) groups is 2. The van der Waals surface area contributed by atoms with E-state index in [-0.39, 0.29) is 30.5 Å². The van der Waals surface area contributed by atoms with Gasteiger partial charge in [0.15, 0.2) is 6.29 Å². The van der Waals surface area contributed by atoms with Crippen LogP contribution in [-0.2, 0) is 19.1 Å². The summed E-state index contributed by atoms with van der Waals surface area (Å²) in [5, 5.41) is 48.4. The molecular weight excluding hydrogens is 468 g/mol. The number of aliphatic hydroxyl groups excluding tert-OH is 4. The van der Waals surface area contributed by atoms with Crippen molar-refractivity contribution in [3.8, 4) is 0 Å². The van der Waals surface area contributed by atoms with Gasteiger partial charge in [0.25, 0.3) is 0 Å². The lowest BCUT2D eigenvalue weighted by Crippen LogP contribution is -2.59. The van der Waals surface area contributed by atoms with Crippen LogP contribution in [-0.4, -0.2) is 80.7 Å². The molecule has 2 aliphatic rings. The van der Waals surface area contributed by atoms with Crippen molar-refractivity contribution in [2.45, 2.75) is 142 Å². The second-order valence-corrected chi connectivity index (χ2v) is 9.16. The molecule has 214 valence electrons. The summed E-state index contributed by atoms with van der Waals surface area (Å²) >= 11 is 0. The van der Waals surface area contributed by atoms with E-state index < -0.39 is 49.4 Å². The molecule has 8 atom stereocenters. The molecule has 0 spiro atoms. The van der Waals surface area contributed by atoms with Crippen molar-refractivity contribution < 1.29 is 44.6 Å². The topological polar surface area (TPSA) is 154 Å². The van der Waals surface area contributed by atoms with E-state index in [1.165, 1.54) is 0 Å². The van der Waals surface area contributed by atoms with Crippen molar-refractivity contribution in [1.29, 1.82) is 0 Å². The van der Waals surface area contributed by atoms with E-state index in [0.717, 1.165) is 51.4 Å². The van der Waals surface area contributed by atoms with Crippen LogP contribution in [0.5, 0.6) is 0 Å². The van der Waals surface area contributed by atoms with Gasteiger partial charge in [0.05, 0.1) is 12.7 Å². The minimum atomic E-state index is -1.51. The molecule has 0 aromatic heterocycles. The molecule has 1 saturated heterocycles. The Bertz CT molecular complexity index is 584. The van der Waals surface area contributed by atoms with Crippen molar-refractivity contribution in [1.82, 2.24) is 0 Å². The summed E-state index contributed by atoms with van der Waals surface area (Å²) in [5.74, 6) is -0.853. The average Bonchev–Trinajstić information content (AvgIpc) is 3.17. The molecule has 9 heteroatoms. The Hall–Kier alpha value is -1.10. The van der Waals surface area contributed by atoms with E-state index in [9.17, 15) is 30.0 Å². The molecule has 0 aromatic rings. The lowest BCUT2D eigenvalue weighted by molar-refractivity contribution is -0.314. The standard InChI is InChI=1S/C23H40O9.2C2H6/c1-2-3-6-10-15-14(9-7-4-5-8-11-19(26)27)16(25)12-17(15)31-23-22(30)21(29)20(28)18(13-24)32-23;2*1-2/h14-15,17-18,20-24,28-30H,2-13H2,1H3,(H,26,27);2*1-2H3/t14?,15?,17?,18-,20-,21+,22-,23?;;/m1../s1. The summed E-state index contributed by atoms with van der Waals surface area (Å²) in [4.78, 5) is 23.4. The Balaban J connectivity index is 0.00000291. The molecule has 0 radical (unpaired) electrons. The van der Waals surface area contributed by atoms with E-state index in [4.69, 9.17) is 14.6 Å². The van der Waals surface area contributed by atoms with Gasteiger partial charge >= 0.3 is 5.97 Å². The van der Waals surface area contributed by atoms with E-state index in [2.05, 4.69) is 6.92 Å². The van der Waals surface area contributed by atoms with E-state index >= 15 is 0 Å². The minimum absolute atomic E-state index is 0.0274. The third-order valence-corrected chi connectivity index (χ3v) is 6.76.